The molecular formula is C21H24FN3O2. The van der Waals surface area contributed by atoms with Crippen LogP contribution < -0.4 is 11.1 Å². The van der Waals surface area contributed by atoms with Crippen LogP contribution in [0.1, 0.15) is 35.2 Å². The molecule has 142 valence electrons. The molecule has 2 aromatic carbocycles. The first kappa shape index (κ1) is 19.0. The molecule has 1 saturated carbocycles. The number of rotatable bonds is 8. The third kappa shape index (κ3) is 5.37. The summed E-state index contributed by atoms with van der Waals surface area (Å²) < 4.78 is 13.2. The minimum absolute atomic E-state index is 0.174. The van der Waals surface area contributed by atoms with Gasteiger partial charge in [-0.25, -0.2) is 4.39 Å². The summed E-state index contributed by atoms with van der Waals surface area (Å²) in [6, 6.07) is 12.9. The predicted molar refractivity (Wildman–Crippen MR) is 103 cm³/mol. The quantitative estimate of drug-likeness (QED) is 0.750. The lowest BCUT2D eigenvalue weighted by molar-refractivity contribution is -0.133. The third-order valence-corrected chi connectivity index (χ3v) is 4.54. The first-order chi connectivity index (χ1) is 13.1. The lowest BCUT2D eigenvalue weighted by atomic mass is 10.1. The summed E-state index contributed by atoms with van der Waals surface area (Å²) >= 11 is 0. The molecule has 0 saturated heterocycles. The second-order valence-electron chi connectivity index (χ2n) is 6.84. The van der Waals surface area contributed by atoms with Crippen LogP contribution >= 0.6 is 0 Å². The highest BCUT2D eigenvalue weighted by Gasteiger charge is 2.33. The molecule has 0 spiro atoms. The van der Waals surface area contributed by atoms with E-state index in [4.69, 9.17) is 5.73 Å². The largest absolute Gasteiger partial charge is 0.338 e. The van der Waals surface area contributed by atoms with Crippen molar-refractivity contribution >= 4 is 17.5 Å². The summed E-state index contributed by atoms with van der Waals surface area (Å²) in [5.41, 5.74) is 7.46. The normalized spacial score (nSPS) is 13.3. The molecule has 6 heteroatoms. The Morgan fingerprint density at radius 1 is 1.15 bits per heavy atom. The fraction of sp³-hybridized carbons (Fsp3) is 0.333. The van der Waals surface area contributed by atoms with Crippen molar-refractivity contribution in [2.75, 3.05) is 18.4 Å². The van der Waals surface area contributed by atoms with Crippen LogP contribution in [-0.4, -0.2) is 29.8 Å². The summed E-state index contributed by atoms with van der Waals surface area (Å²) in [6.45, 7) is 1.75. The average Bonchev–Trinajstić information content (AvgIpc) is 3.51. The summed E-state index contributed by atoms with van der Waals surface area (Å²) in [7, 11) is 0. The van der Waals surface area contributed by atoms with E-state index in [9.17, 15) is 14.0 Å². The zero-order valence-corrected chi connectivity index (χ0v) is 15.2. The van der Waals surface area contributed by atoms with Gasteiger partial charge in [0.25, 0.3) is 5.91 Å². The molecule has 1 aliphatic carbocycles. The molecular weight excluding hydrogens is 345 g/mol. The van der Waals surface area contributed by atoms with Crippen LogP contribution in [0.3, 0.4) is 0 Å². The molecule has 27 heavy (non-hydrogen) atoms. The smallest absolute Gasteiger partial charge is 0.255 e. The first-order valence-corrected chi connectivity index (χ1v) is 9.21. The number of carbonyl (C=O) groups excluding carboxylic acids is 2. The Morgan fingerprint density at radius 3 is 2.52 bits per heavy atom. The van der Waals surface area contributed by atoms with Crippen LogP contribution in [-0.2, 0) is 11.3 Å². The standard InChI is InChI=1S/C21H24FN3O2/c22-18-4-1-3-17(13-18)20(26)24-19-9-5-15(6-10-19)14-25(12-2-11-23)21(27)16-7-8-16/h1,3-6,9-10,13,16H,2,7-8,11-12,14,23H2,(H,24,26). The zero-order valence-electron chi connectivity index (χ0n) is 15.2. The van der Waals surface area contributed by atoms with E-state index in [-0.39, 0.29) is 23.3 Å². The number of hydrogen-bond donors (Lipinski definition) is 2. The average molecular weight is 369 g/mol. The van der Waals surface area contributed by atoms with E-state index in [1.54, 1.807) is 18.2 Å². The van der Waals surface area contributed by atoms with E-state index in [2.05, 4.69) is 5.32 Å². The molecule has 0 radical (unpaired) electrons. The lowest BCUT2D eigenvalue weighted by Crippen LogP contribution is -2.33. The Morgan fingerprint density at radius 2 is 1.89 bits per heavy atom. The number of nitrogens with one attached hydrogen (secondary N) is 1. The number of benzene rings is 2. The highest BCUT2D eigenvalue weighted by molar-refractivity contribution is 6.04. The molecule has 0 aromatic heterocycles. The number of nitrogens with two attached hydrogens (primary N) is 1. The van der Waals surface area contributed by atoms with E-state index in [1.807, 2.05) is 17.0 Å². The van der Waals surface area contributed by atoms with Crippen molar-refractivity contribution in [3.8, 4) is 0 Å². The second kappa shape index (κ2) is 8.77. The minimum Gasteiger partial charge on any atom is -0.338 e. The fourth-order valence-electron chi connectivity index (χ4n) is 2.88. The van der Waals surface area contributed by atoms with E-state index >= 15 is 0 Å². The van der Waals surface area contributed by atoms with Gasteiger partial charge < -0.3 is 16.0 Å². The Balaban J connectivity index is 1.61. The van der Waals surface area contributed by atoms with Crippen LogP contribution in [0, 0.1) is 11.7 Å². The summed E-state index contributed by atoms with van der Waals surface area (Å²) in [4.78, 5) is 26.5. The second-order valence-corrected chi connectivity index (χ2v) is 6.84. The molecule has 0 aliphatic heterocycles. The van der Waals surface area contributed by atoms with E-state index in [0.717, 1.165) is 24.8 Å². The van der Waals surface area contributed by atoms with E-state index in [1.165, 1.54) is 18.2 Å². The maximum atomic E-state index is 13.2. The highest BCUT2D eigenvalue weighted by atomic mass is 19.1. The van der Waals surface area contributed by atoms with Gasteiger partial charge in [0.05, 0.1) is 0 Å². The molecule has 2 amide bonds. The Bertz CT molecular complexity index is 803. The van der Waals surface area contributed by atoms with Gasteiger partial charge in [0.2, 0.25) is 5.91 Å². The van der Waals surface area contributed by atoms with Gasteiger partial charge in [-0.05, 0) is 61.7 Å². The Kier molecular flexibility index (Phi) is 6.19. The number of anilines is 1. The minimum atomic E-state index is -0.448. The van der Waals surface area contributed by atoms with Crippen molar-refractivity contribution in [2.24, 2.45) is 11.7 Å². The SMILES string of the molecule is NCCCN(Cc1ccc(NC(=O)c2cccc(F)c2)cc1)C(=O)C1CC1. The van der Waals surface area contributed by atoms with Gasteiger partial charge in [-0.1, -0.05) is 18.2 Å². The molecule has 1 fully saturated rings. The Labute approximate surface area is 158 Å². The van der Waals surface area contributed by atoms with Crippen LogP contribution in [0.4, 0.5) is 10.1 Å². The summed E-state index contributed by atoms with van der Waals surface area (Å²) in [5, 5.41) is 2.75. The van der Waals surface area contributed by atoms with Crippen LogP contribution in [0.25, 0.3) is 0 Å². The molecule has 0 atom stereocenters. The maximum absolute atomic E-state index is 13.2. The molecule has 3 N–H and O–H groups in total. The van der Waals surface area contributed by atoms with Crippen LogP contribution in [0.2, 0.25) is 0 Å². The van der Waals surface area contributed by atoms with E-state index < -0.39 is 5.82 Å². The molecule has 2 aromatic rings. The van der Waals surface area contributed by atoms with Gasteiger partial charge in [-0.15, -0.1) is 0 Å². The predicted octanol–water partition coefficient (Wildman–Crippen LogP) is 3.17. The third-order valence-electron chi connectivity index (χ3n) is 4.54. The molecule has 5 nitrogen and oxygen atoms in total. The monoisotopic (exact) mass is 369 g/mol. The van der Waals surface area contributed by atoms with Gasteiger partial charge in [-0.2, -0.15) is 0 Å². The zero-order chi connectivity index (χ0) is 19.2. The number of halogens is 1. The number of hydrogen-bond acceptors (Lipinski definition) is 3. The number of amides is 2. The van der Waals surface area contributed by atoms with Crippen molar-refractivity contribution in [2.45, 2.75) is 25.8 Å². The Hall–Kier alpha value is -2.73. The maximum Gasteiger partial charge on any atom is 0.255 e. The van der Waals surface area contributed by atoms with E-state index in [0.29, 0.717) is 25.3 Å². The highest BCUT2D eigenvalue weighted by Crippen LogP contribution is 2.31. The molecule has 0 heterocycles. The van der Waals surface area contributed by atoms with Gasteiger partial charge >= 0.3 is 0 Å². The van der Waals surface area contributed by atoms with Gasteiger partial charge in [0.1, 0.15) is 5.82 Å². The van der Waals surface area contributed by atoms with Gasteiger partial charge in [-0.3, -0.25) is 9.59 Å². The molecule has 3 rings (SSSR count). The van der Waals surface area contributed by atoms with Crippen LogP contribution in [0.5, 0.6) is 0 Å². The fourth-order valence-corrected chi connectivity index (χ4v) is 2.88. The van der Waals surface area contributed by atoms with Crippen molar-refractivity contribution in [1.82, 2.24) is 4.90 Å². The molecule has 0 unspecified atom stereocenters. The number of nitrogens with zero attached hydrogens (tertiary/aromatic N) is 1. The van der Waals surface area contributed by atoms with Crippen LogP contribution in [0.15, 0.2) is 48.5 Å². The number of carbonyl (C=O) groups is 2. The topological polar surface area (TPSA) is 75.4 Å². The van der Waals surface area contributed by atoms with Crippen molar-refractivity contribution < 1.29 is 14.0 Å². The van der Waals surface area contributed by atoms with Crippen molar-refractivity contribution in [1.29, 1.82) is 0 Å². The first-order valence-electron chi connectivity index (χ1n) is 9.21. The summed E-state index contributed by atoms with van der Waals surface area (Å²) in [6.07, 6.45) is 2.73. The van der Waals surface area contributed by atoms with Crippen molar-refractivity contribution in [3.63, 3.8) is 0 Å². The van der Waals surface area contributed by atoms with Gasteiger partial charge in [0.15, 0.2) is 0 Å². The lowest BCUT2D eigenvalue weighted by Gasteiger charge is -2.23. The van der Waals surface area contributed by atoms with Gasteiger partial charge in [0, 0.05) is 30.3 Å². The molecule has 0 bridgehead atoms. The summed E-state index contributed by atoms with van der Waals surface area (Å²) in [5.74, 6) is -0.439. The van der Waals surface area contributed by atoms with Crippen molar-refractivity contribution in [3.05, 3.63) is 65.5 Å². The molecule has 1 aliphatic rings.